The molecule has 3 rings (SSSR count). The lowest BCUT2D eigenvalue weighted by Crippen LogP contribution is -2.37. The fourth-order valence-corrected chi connectivity index (χ4v) is 5.97. The fourth-order valence-electron chi connectivity index (χ4n) is 2.69. The third kappa shape index (κ3) is 2.70. The molecule has 1 saturated heterocycles. The summed E-state index contributed by atoms with van der Waals surface area (Å²) in [4.78, 5) is 11.5. The van der Waals surface area contributed by atoms with Crippen LogP contribution in [0, 0.1) is 0 Å². The Balaban J connectivity index is 2.02. The molecule has 23 heavy (non-hydrogen) atoms. The molecule has 1 aliphatic heterocycles. The van der Waals surface area contributed by atoms with Crippen molar-refractivity contribution in [3.8, 4) is 0 Å². The van der Waals surface area contributed by atoms with Gasteiger partial charge in [-0.05, 0) is 24.6 Å². The van der Waals surface area contributed by atoms with E-state index < -0.39 is 31.7 Å². The number of sulfonamides is 1. The number of aryl methyl sites for hydroxylation is 1. The Labute approximate surface area is 133 Å². The molecule has 0 N–H and O–H groups in total. The number of rotatable bonds is 3. The minimum Gasteiger partial charge on any atom is -0.408 e. The molecule has 126 valence electrons. The lowest BCUT2D eigenvalue weighted by Gasteiger charge is -2.22. The normalized spacial score (nSPS) is 21.3. The molecule has 0 aliphatic carbocycles. The first-order chi connectivity index (χ1) is 10.6. The van der Waals surface area contributed by atoms with Gasteiger partial charge < -0.3 is 4.42 Å². The molecule has 1 unspecified atom stereocenters. The molecule has 1 aromatic heterocycles. The summed E-state index contributed by atoms with van der Waals surface area (Å²) in [6.07, 6.45) is 0.282. The van der Waals surface area contributed by atoms with Crippen LogP contribution in [0.4, 0.5) is 0 Å². The summed E-state index contributed by atoms with van der Waals surface area (Å²) >= 11 is 0. The highest BCUT2D eigenvalue weighted by atomic mass is 32.2. The molecule has 2 aromatic rings. The number of sulfone groups is 1. The van der Waals surface area contributed by atoms with E-state index in [2.05, 4.69) is 0 Å². The quantitative estimate of drug-likeness (QED) is 0.759. The van der Waals surface area contributed by atoms with E-state index in [-0.39, 0.29) is 22.8 Å². The van der Waals surface area contributed by atoms with Crippen molar-refractivity contribution in [3.63, 3.8) is 0 Å². The minimum absolute atomic E-state index is 0.00630. The van der Waals surface area contributed by atoms with Crippen molar-refractivity contribution in [2.45, 2.75) is 17.4 Å². The topological polar surface area (TPSA) is 107 Å². The predicted octanol–water partition coefficient (Wildman–Crippen LogP) is -0.0609. The maximum atomic E-state index is 12.7. The van der Waals surface area contributed by atoms with Crippen LogP contribution in [0.2, 0.25) is 0 Å². The number of benzene rings is 1. The molecule has 0 saturated carbocycles. The van der Waals surface area contributed by atoms with Gasteiger partial charge in [-0.15, -0.1) is 0 Å². The van der Waals surface area contributed by atoms with E-state index >= 15 is 0 Å². The van der Waals surface area contributed by atoms with Crippen molar-refractivity contribution in [1.82, 2.24) is 8.87 Å². The van der Waals surface area contributed by atoms with E-state index in [0.29, 0.717) is 11.1 Å². The van der Waals surface area contributed by atoms with Crippen molar-refractivity contribution in [1.29, 1.82) is 0 Å². The molecule has 0 spiro atoms. The molecular formula is C13H16N2O6S2. The second-order valence-electron chi connectivity index (χ2n) is 5.63. The summed E-state index contributed by atoms with van der Waals surface area (Å²) in [5.74, 6) is -0.758. The van der Waals surface area contributed by atoms with Gasteiger partial charge in [-0.3, -0.25) is 4.57 Å². The van der Waals surface area contributed by atoms with E-state index in [4.69, 9.17) is 4.42 Å². The van der Waals surface area contributed by atoms with Crippen LogP contribution in [0.5, 0.6) is 0 Å². The van der Waals surface area contributed by atoms with Crippen LogP contribution in [-0.2, 0) is 26.9 Å². The third-order valence-electron chi connectivity index (χ3n) is 4.16. The molecule has 2 heterocycles. The van der Waals surface area contributed by atoms with E-state index in [9.17, 15) is 21.6 Å². The van der Waals surface area contributed by atoms with Crippen LogP contribution >= 0.6 is 0 Å². The van der Waals surface area contributed by atoms with Crippen molar-refractivity contribution in [3.05, 3.63) is 28.7 Å². The minimum atomic E-state index is -3.86. The summed E-state index contributed by atoms with van der Waals surface area (Å²) in [7, 11) is -4.19. The Morgan fingerprint density at radius 1 is 1.35 bits per heavy atom. The summed E-state index contributed by atoms with van der Waals surface area (Å²) < 4.78 is 55.8. The highest BCUT2D eigenvalue weighted by Crippen LogP contribution is 2.25. The van der Waals surface area contributed by atoms with Gasteiger partial charge in [0.25, 0.3) is 0 Å². The molecule has 1 atom stereocenters. The predicted molar refractivity (Wildman–Crippen MR) is 83.5 cm³/mol. The van der Waals surface area contributed by atoms with Crippen LogP contribution in [0.25, 0.3) is 11.1 Å². The van der Waals surface area contributed by atoms with Gasteiger partial charge in [0.2, 0.25) is 10.0 Å². The first-order valence-electron chi connectivity index (χ1n) is 6.90. The first kappa shape index (κ1) is 16.2. The van der Waals surface area contributed by atoms with Crippen LogP contribution in [0.1, 0.15) is 6.42 Å². The first-order valence-corrected chi connectivity index (χ1v) is 10.2. The van der Waals surface area contributed by atoms with Crippen LogP contribution in [0.15, 0.2) is 32.3 Å². The van der Waals surface area contributed by atoms with Crippen molar-refractivity contribution in [2.75, 3.05) is 18.6 Å². The molecule has 1 aliphatic rings. The molecule has 10 heteroatoms. The Kier molecular flexibility index (Phi) is 3.65. The van der Waals surface area contributed by atoms with E-state index in [0.717, 1.165) is 4.31 Å². The van der Waals surface area contributed by atoms with Gasteiger partial charge in [-0.25, -0.2) is 21.6 Å². The zero-order valence-electron chi connectivity index (χ0n) is 12.6. The number of aromatic nitrogens is 1. The Morgan fingerprint density at radius 2 is 2.04 bits per heavy atom. The van der Waals surface area contributed by atoms with Gasteiger partial charge in [-0.2, -0.15) is 4.31 Å². The molecule has 8 nitrogen and oxygen atoms in total. The fraction of sp³-hybridized carbons (Fsp3) is 0.462. The van der Waals surface area contributed by atoms with Crippen LogP contribution < -0.4 is 5.76 Å². The lowest BCUT2D eigenvalue weighted by molar-refractivity contribution is 0.394. The lowest BCUT2D eigenvalue weighted by atomic mass is 10.3. The number of hydrogen-bond acceptors (Lipinski definition) is 6. The largest absolute Gasteiger partial charge is 0.419 e. The summed E-state index contributed by atoms with van der Waals surface area (Å²) in [5.41, 5.74) is 0.658. The Bertz CT molecular complexity index is 1030. The Morgan fingerprint density at radius 3 is 2.65 bits per heavy atom. The van der Waals surface area contributed by atoms with Crippen LogP contribution in [0.3, 0.4) is 0 Å². The number of oxazole rings is 1. The molecule has 0 radical (unpaired) electrons. The molecule has 1 aromatic carbocycles. The van der Waals surface area contributed by atoms with Gasteiger partial charge in [0, 0.05) is 20.1 Å². The molecule has 0 amide bonds. The summed E-state index contributed by atoms with van der Waals surface area (Å²) in [5, 5.41) is 0. The van der Waals surface area contributed by atoms with E-state index in [1.807, 2.05) is 0 Å². The number of nitrogens with zero attached hydrogens (tertiary/aromatic N) is 2. The molecule has 1 fully saturated rings. The maximum absolute atomic E-state index is 12.7. The van der Waals surface area contributed by atoms with Crippen molar-refractivity contribution >= 4 is 31.0 Å². The number of hydrogen-bond donors (Lipinski definition) is 0. The van der Waals surface area contributed by atoms with Gasteiger partial charge in [0.15, 0.2) is 15.4 Å². The van der Waals surface area contributed by atoms with E-state index in [1.54, 1.807) is 0 Å². The smallest absolute Gasteiger partial charge is 0.408 e. The van der Waals surface area contributed by atoms with Crippen molar-refractivity contribution in [2.24, 2.45) is 7.05 Å². The van der Waals surface area contributed by atoms with E-state index in [1.165, 1.54) is 36.9 Å². The van der Waals surface area contributed by atoms with Gasteiger partial charge in [0.1, 0.15) is 0 Å². The zero-order chi connectivity index (χ0) is 17.0. The van der Waals surface area contributed by atoms with Gasteiger partial charge in [0.05, 0.1) is 21.9 Å². The molecule has 0 bridgehead atoms. The summed E-state index contributed by atoms with van der Waals surface area (Å²) in [6.45, 7) is 0. The van der Waals surface area contributed by atoms with Gasteiger partial charge >= 0.3 is 5.76 Å². The third-order valence-corrected chi connectivity index (χ3v) is 7.82. The van der Waals surface area contributed by atoms with Crippen LogP contribution in [-0.4, -0.2) is 50.3 Å². The zero-order valence-corrected chi connectivity index (χ0v) is 14.2. The SMILES string of the molecule is CN(C1CCS(=O)(=O)C1)S(=O)(=O)c1ccc2oc(=O)n(C)c2c1. The highest BCUT2D eigenvalue weighted by molar-refractivity contribution is 7.92. The monoisotopic (exact) mass is 360 g/mol. The molecular weight excluding hydrogens is 344 g/mol. The number of fused-ring (bicyclic) bond motifs is 1. The second-order valence-corrected chi connectivity index (χ2v) is 9.86. The Hall–Kier alpha value is -1.65. The average Bonchev–Trinajstić information content (AvgIpc) is 2.98. The average molecular weight is 360 g/mol. The highest BCUT2D eigenvalue weighted by Gasteiger charge is 2.36. The van der Waals surface area contributed by atoms with Crippen molar-refractivity contribution < 1.29 is 21.3 Å². The standard InChI is InChI=1S/C13H16N2O6S2/c1-14-11-7-10(3-4-12(11)21-13(14)16)23(19,20)15(2)9-5-6-22(17,18)8-9/h3-4,7,9H,5-6,8H2,1-2H3. The summed E-state index contributed by atoms with van der Waals surface area (Å²) in [6, 6.07) is 3.55. The van der Waals surface area contributed by atoms with Gasteiger partial charge in [-0.1, -0.05) is 0 Å². The second kappa shape index (κ2) is 5.18. The maximum Gasteiger partial charge on any atom is 0.419 e.